The second-order valence-electron chi connectivity index (χ2n) is 5.92. The highest BCUT2D eigenvalue weighted by Crippen LogP contribution is 2.17. The van der Waals surface area contributed by atoms with E-state index in [1.165, 1.54) is 6.92 Å². The van der Waals surface area contributed by atoms with Crippen molar-refractivity contribution in [3.8, 4) is 5.75 Å². The largest absolute Gasteiger partial charge is 0.494 e. The van der Waals surface area contributed by atoms with Gasteiger partial charge in [0.25, 0.3) is 5.91 Å². The Hall–Kier alpha value is -3.08. The predicted molar refractivity (Wildman–Crippen MR) is 104 cm³/mol. The molecule has 136 valence electrons. The Labute approximate surface area is 154 Å². The summed E-state index contributed by atoms with van der Waals surface area (Å²) in [5.41, 5.74) is 2.70. The van der Waals surface area contributed by atoms with Gasteiger partial charge in [-0.1, -0.05) is 31.2 Å². The summed E-state index contributed by atoms with van der Waals surface area (Å²) in [5, 5.41) is 5.39. The maximum absolute atomic E-state index is 12.6. The van der Waals surface area contributed by atoms with Crippen molar-refractivity contribution >= 4 is 23.6 Å². The van der Waals surface area contributed by atoms with Gasteiger partial charge in [-0.2, -0.15) is 0 Å². The molecule has 2 N–H and O–H groups in total. The van der Waals surface area contributed by atoms with Gasteiger partial charge in [-0.3, -0.25) is 9.59 Å². The van der Waals surface area contributed by atoms with E-state index in [0.29, 0.717) is 12.3 Å². The molecule has 0 heterocycles. The molecule has 0 fully saturated rings. The normalized spacial score (nSPS) is 11.0. The third-order valence-electron chi connectivity index (χ3n) is 3.63. The predicted octanol–water partition coefficient (Wildman–Crippen LogP) is 3.90. The zero-order valence-electron chi connectivity index (χ0n) is 15.3. The molecule has 0 saturated carbocycles. The molecule has 2 aromatic carbocycles. The first-order valence-electron chi connectivity index (χ1n) is 8.58. The van der Waals surface area contributed by atoms with E-state index >= 15 is 0 Å². The maximum Gasteiger partial charge on any atom is 0.272 e. The van der Waals surface area contributed by atoms with Gasteiger partial charge in [0, 0.05) is 12.6 Å². The van der Waals surface area contributed by atoms with E-state index in [9.17, 15) is 9.59 Å². The summed E-state index contributed by atoms with van der Waals surface area (Å²) in [5.74, 6) is 0.0661. The Bertz CT molecular complexity index is 795. The average Bonchev–Trinajstić information content (AvgIpc) is 2.62. The Morgan fingerprint density at radius 1 is 1.08 bits per heavy atom. The molecule has 0 aliphatic rings. The highest BCUT2D eigenvalue weighted by molar-refractivity contribution is 6.08. The quantitative estimate of drug-likeness (QED) is 0.743. The van der Waals surface area contributed by atoms with Crippen molar-refractivity contribution in [3.63, 3.8) is 0 Å². The van der Waals surface area contributed by atoms with Crippen LogP contribution in [0.4, 0.5) is 5.69 Å². The number of aryl methyl sites for hydroxylation is 1. The highest BCUT2D eigenvalue weighted by atomic mass is 16.5. The first kappa shape index (κ1) is 19.2. The number of amides is 2. The highest BCUT2D eigenvalue weighted by Gasteiger charge is 2.12. The third-order valence-corrected chi connectivity index (χ3v) is 3.63. The summed E-state index contributed by atoms with van der Waals surface area (Å²) in [7, 11) is 0. The second-order valence-corrected chi connectivity index (χ2v) is 5.92. The van der Waals surface area contributed by atoms with Crippen molar-refractivity contribution in [3.05, 3.63) is 65.4 Å². The molecule has 0 spiro atoms. The Balaban J connectivity index is 2.16. The zero-order chi connectivity index (χ0) is 18.9. The lowest BCUT2D eigenvalue weighted by molar-refractivity contribution is -0.120. The number of hydrogen-bond donors (Lipinski definition) is 2. The molecule has 26 heavy (non-hydrogen) atoms. The van der Waals surface area contributed by atoms with Crippen LogP contribution >= 0.6 is 0 Å². The van der Waals surface area contributed by atoms with Crippen LogP contribution < -0.4 is 15.4 Å². The number of ether oxygens (including phenoxy) is 1. The number of hydrogen-bond acceptors (Lipinski definition) is 3. The first-order valence-corrected chi connectivity index (χ1v) is 8.58. The van der Waals surface area contributed by atoms with Crippen molar-refractivity contribution < 1.29 is 14.3 Å². The molecule has 2 rings (SSSR count). The van der Waals surface area contributed by atoms with Gasteiger partial charge < -0.3 is 15.4 Å². The lowest BCUT2D eigenvalue weighted by Crippen LogP contribution is -2.29. The summed E-state index contributed by atoms with van der Waals surface area (Å²) in [6.45, 7) is 6.01. The minimum Gasteiger partial charge on any atom is -0.494 e. The van der Waals surface area contributed by atoms with E-state index in [2.05, 4.69) is 10.6 Å². The van der Waals surface area contributed by atoms with Crippen LogP contribution in [0.2, 0.25) is 0 Å². The van der Waals surface area contributed by atoms with Gasteiger partial charge in [-0.15, -0.1) is 0 Å². The van der Waals surface area contributed by atoms with Crippen molar-refractivity contribution in [2.45, 2.75) is 27.2 Å². The van der Waals surface area contributed by atoms with E-state index in [-0.39, 0.29) is 17.5 Å². The topological polar surface area (TPSA) is 67.4 Å². The van der Waals surface area contributed by atoms with Crippen molar-refractivity contribution in [1.82, 2.24) is 5.32 Å². The SMILES string of the molecule is CCCOc1ccc(NC(=O)C(=Cc2ccccc2C)NC(C)=O)cc1. The minimum atomic E-state index is -0.384. The molecule has 0 aromatic heterocycles. The number of anilines is 1. The molecule has 2 aromatic rings. The molecule has 0 unspecified atom stereocenters. The number of carbonyl (C=O) groups excluding carboxylic acids is 2. The summed E-state index contributed by atoms with van der Waals surface area (Å²) >= 11 is 0. The summed E-state index contributed by atoms with van der Waals surface area (Å²) in [6.07, 6.45) is 2.60. The van der Waals surface area contributed by atoms with Gasteiger partial charge in [0.2, 0.25) is 5.91 Å². The van der Waals surface area contributed by atoms with E-state index in [1.54, 1.807) is 30.3 Å². The van der Waals surface area contributed by atoms with Crippen molar-refractivity contribution in [1.29, 1.82) is 0 Å². The molecule has 0 atom stereocenters. The molecule has 0 saturated heterocycles. The zero-order valence-corrected chi connectivity index (χ0v) is 15.3. The number of nitrogens with one attached hydrogen (secondary N) is 2. The molecule has 5 heteroatoms. The van der Waals surface area contributed by atoms with Crippen LogP contribution in [0.3, 0.4) is 0 Å². The fourth-order valence-electron chi connectivity index (χ4n) is 2.31. The van der Waals surface area contributed by atoms with E-state index < -0.39 is 0 Å². The summed E-state index contributed by atoms with van der Waals surface area (Å²) < 4.78 is 5.53. The summed E-state index contributed by atoms with van der Waals surface area (Å²) in [6, 6.07) is 14.8. The van der Waals surface area contributed by atoms with Gasteiger partial charge in [0.15, 0.2) is 0 Å². The monoisotopic (exact) mass is 352 g/mol. The van der Waals surface area contributed by atoms with E-state index in [4.69, 9.17) is 4.74 Å². The van der Waals surface area contributed by atoms with Crippen LogP contribution in [0.15, 0.2) is 54.2 Å². The molecular formula is C21H24N2O3. The fraction of sp³-hybridized carbons (Fsp3) is 0.238. The third kappa shape index (κ3) is 5.77. The minimum absolute atomic E-state index is 0.193. The van der Waals surface area contributed by atoms with E-state index in [0.717, 1.165) is 23.3 Å². The molecule has 0 bridgehead atoms. The Morgan fingerprint density at radius 2 is 1.77 bits per heavy atom. The lowest BCUT2D eigenvalue weighted by atomic mass is 10.1. The van der Waals surface area contributed by atoms with E-state index in [1.807, 2.05) is 38.1 Å². The number of rotatable bonds is 7. The molecule has 2 amide bonds. The molecule has 0 aliphatic heterocycles. The Kier molecular flexibility index (Phi) is 6.97. The van der Waals surface area contributed by atoms with Gasteiger partial charge in [0.1, 0.15) is 11.4 Å². The van der Waals surface area contributed by atoms with Gasteiger partial charge in [-0.05, 0) is 54.8 Å². The van der Waals surface area contributed by atoms with Gasteiger partial charge >= 0.3 is 0 Å². The molecule has 5 nitrogen and oxygen atoms in total. The lowest BCUT2D eigenvalue weighted by Gasteiger charge is -2.11. The van der Waals surface area contributed by atoms with Crippen LogP contribution in [0.25, 0.3) is 6.08 Å². The summed E-state index contributed by atoms with van der Waals surface area (Å²) in [4.78, 5) is 24.1. The molecule has 0 radical (unpaired) electrons. The number of benzene rings is 2. The van der Waals surface area contributed by atoms with Crippen LogP contribution in [0, 0.1) is 6.92 Å². The fourth-order valence-corrected chi connectivity index (χ4v) is 2.31. The van der Waals surface area contributed by atoms with Gasteiger partial charge in [0.05, 0.1) is 6.61 Å². The number of carbonyl (C=O) groups is 2. The Morgan fingerprint density at radius 3 is 2.38 bits per heavy atom. The molecule has 0 aliphatic carbocycles. The van der Waals surface area contributed by atoms with Crippen LogP contribution in [0.1, 0.15) is 31.4 Å². The van der Waals surface area contributed by atoms with Crippen LogP contribution in [-0.2, 0) is 9.59 Å². The van der Waals surface area contributed by atoms with Crippen molar-refractivity contribution in [2.24, 2.45) is 0 Å². The standard InChI is InChI=1S/C21H24N2O3/c1-4-13-26-19-11-9-18(10-12-19)23-21(25)20(22-16(3)24)14-17-8-6-5-7-15(17)2/h5-12,14H,4,13H2,1-3H3,(H,22,24)(H,23,25). The van der Waals surface area contributed by atoms with Crippen LogP contribution in [0.5, 0.6) is 5.75 Å². The van der Waals surface area contributed by atoms with Crippen molar-refractivity contribution in [2.75, 3.05) is 11.9 Å². The first-order chi connectivity index (χ1) is 12.5. The molecular weight excluding hydrogens is 328 g/mol. The van der Waals surface area contributed by atoms with Gasteiger partial charge in [-0.25, -0.2) is 0 Å². The second kappa shape index (κ2) is 9.42. The maximum atomic E-state index is 12.6. The van der Waals surface area contributed by atoms with Crippen LogP contribution in [-0.4, -0.2) is 18.4 Å². The average molecular weight is 352 g/mol. The smallest absolute Gasteiger partial charge is 0.272 e.